The molecular weight excluding hydrogens is 260 g/mol. The maximum absolute atomic E-state index is 8.86. The average Bonchev–Trinajstić information content (AvgIpc) is 2.55. The number of pyridine rings is 1. The lowest BCUT2D eigenvalue weighted by atomic mass is 10.1. The highest BCUT2D eigenvalue weighted by Gasteiger charge is 2.10. The van der Waals surface area contributed by atoms with Crippen molar-refractivity contribution in [1.29, 1.82) is 5.26 Å². The van der Waals surface area contributed by atoms with Crippen LogP contribution in [0.1, 0.15) is 5.56 Å². The zero-order valence-corrected chi connectivity index (χ0v) is 11.6. The van der Waals surface area contributed by atoms with Crippen molar-refractivity contribution in [3.63, 3.8) is 0 Å². The molecule has 4 heteroatoms. The first-order valence-corrected chi connectivity index (χ1v) is 6.58. The molecule has 0 fully saturated rings. The van der Waals surface area contributed by atoms with Crippen LogP contribution in [0.5, 0.6) is 0 Å². The third kappa shape index (κ3) is 2.26. The van der Waals surface area contributed by atoms with Crippen LogP contribution in [0.3, 0.4) is 0 Å². The minimum atomic E-state index is 0.642. The highest BCUT2D eigenvalue weighted by Crippen LogP contribution is 2.33. The Morgan fingerprint density at radius 3 is 2.57 bits per heavy atom. The Labute approximate surface area is 123 Å². The van der Waals surface area contributed by atoms with Crippen LogP contribution in [0.2, 0.25) is 0 Å². The summed E-state index contributed by atoms with van der Waals surface area (Å²) >= 11 is 0. The average molecular weight is 274 g/mol. The van der Waals surface area contributed by atoms with Crippen LogP contribution in [0.4, 0.5) is 17.1 Å². The van der Waals surface area contributed by atoms with Crippen LogP contribution in [0.25, 0.3) is 10.9 Å². The van der Waals surface area contributed by atoms with Gasteiger partial charge in [-0.15, -0.1) is 0 Å². The largest absolute Gasteiger partial charge is 0.396 e. The third-order valence-electron chi connectivity index (χ3n) is 3.55. The summed E-state index contributed by atoms with van der Waals surface area (Å²) in [5.41, 5.74) is 10.4. The van der Waals surface area contributed by atoms with Gasteiger partial charge in [0.25, 0.3) is 0 Å². The van der Waals surface area contributed by atoms with E-state index >= 15 is 0 Å². The molecule has 0 saturated carbocycles. The van der Waals surface area contributed by atoms with Gasteiger partial charge in [0.15, 0.2) is 0 Å². The fraction of sp³-hybridized carbons (Fsp3) is 0.0588. The van der Waals surface area contributed by atoms with Crippen molar-refractivity contribution >= 4 is 28.0 Å². The number of nitrogens with zero attached hydrogens (tertiary/aromatic N) is 3. The second-order valence-corrected chi connectivity index (χ2v) is 4.79. The molecule has 0 aliphatic heterocycles. The minimum absolute atomic E-state index is 0.642. The van der Waals surface area contributed by atoms with Gasteiger partial charge in [-0.25, -0.2) is 0 Å². The molecule has 0 spiro atoms. The van der Waals surface area contributed by atoms with Crippen LogP contribution in [-0.2, 0) is 0 Å². The van der Waals surface area contributed by atoms with Crippen molar-refractivity contribution < 1.29 is 0 Å². The molecule has 0 saturated heterocycles. The van der Waals surface area contributed by atoms with Crippen molar-refractivity contribution in [1.82, 2.24) is 4.98 Å². The number of hydrogen-bond acceptors (Lipinski definition) is 4. The first kappa shape index (κ1) is 12.9. The number of benzene rings is 2. The molecule has 2 aromatic carbocycles. The maximum Gasteiger partial charge on any atom is 0.0991 e. The summed E-state index contributed by atoms with van der Waals surface area (Å²) in [6.45, 7) is 0. The van der Waals surface area contributed by atoms with Gasteiger partial charge in [0, 0.05) is 24.3 Å². The predicted octanol–water partition coefficient (Wildman–Crippen LogP) is 3.46. The summed E-state index contributed by atoms with van der Waals surface area (Å²) in [7, 11) is 1.95. The van der Waals surface area contributed by atoms with Crippen LogP contribution in [0.15, 0.2) is 54.7 Å². The molecule has 0 aliphatic rings. The number of fused-ring (bicyclic) bond motifs is 1. The molecule has 0 unspecified atom stereocenters. The molecule has 0 atom stereocenters. The Balaban J connectivity index is 2.06. The zero-order chi connectivity index (χ0) is 14.8. The van der Waals surface area contributed by atoms with E-state index < -0.39 is 0 Å². The van der Waals surface area contributed by atoms with E-state index in [9.17, 15) is 0 Å². The zero-order valence-electron chi connectivity index (χ0n) is 11.6. The highest BCUT2D eigenvalue weighted by molar-refractivity contribution is 5.98. The second kappa shape index (κ2) is 5.14. The van der Waals surface area contributed by atoms with Gasteiger partial charge < -0.3 is 10.6 Å². The number of nitriles is 1. The number of nitrogens with two attached hydrogens (primary N) is 1. The van der Waals surface area contributed by atoms with Crippen molar-refractivity contribution in [2.75, 3.05) is 17.7 Å². The van der Waals surface area contributed by atoms with Gasteiger partial charge in [0.1, 0.15) is 0 Å². The van der Waals surface area contributed by atoms with Crippen molar-refractivity contribution in [3.8, 4) is 6.07 Å². The Morgan fingerprint density at radius 1 is 1.10 bits per heavy atom. The summed E-state index contributed by atoms with van der Waals surface area (Å²) in [6, 6.07) is 17.3. The molecule has 0 radical (unpaired) electrons. The minimum Gasteiger partial charge on any atom is -0.396 e. The summed E-state index contributed by atoms with van der Waals surface area (Å²) < 4.78 is 0. The van der Waals surface area contributed by atoms with Gasteiger partial charge >= 0.3 is 0 Å². The molecule has 3 rings (SSSR count). The number of aromatic nitrogens is 1. The molecule has 0 bridgehead atoms. The lowest BCUT2D eigenvalue weighted by Gasteiger charge is -2.22. The van der Waals surface area contributed by atoms with Gasteiger partial charge in [-0.3, -0.25) is 4.98 Å². The van der Waals surface area contributed by atoms with E-state index in [4.69, 9.17) is 11.0 Å². The van der Waals surface area contributed by atoms with Crippen LogP contribution < -0.4 is 10.6 Å². The lowest BCUT2D eigenvalue weighted by Crippen LogP contribution is -2.11. The molecule has 0 amide bonds. The van der Waals surface area contributed by atoms with E-state index in [1.54, 1.807) is 18.3 Å². The monoisotopic (exact) mass is 274 g/mol. The van der Waals surface area contributed by atoms with Gasteiger partial charge in [-0.1, -0.05) is 0 Å². The number of rotatable bonds is 2. The standard InChI is InChI=1S/C17H14N4/c1-21(13-6-4-12(11-18)5-7-13)16-9-8-15-14(17(16)19)3-2-10-20-15/h2-10H,19H2,1H3. The smallest absolute Gasteiger partial charge is 0.0991 e. The summed E-state index contributed by atoms with van der Waals surface area (Å²) in [5, 5.41) is 9.80. The fourth-order valence-electron chi connectivity index (χ4n) is 2.35. The Morgan fingerprint density at radius 2 is 1.86 bits per heavy atom. The van der Waals surface area contributed by atoms with Crippen molar-refractivity contribution in [3.05, 3.63) is 60.3 Å². The molecule has 1 heterocycles. The van der Waals surface area contributed by atoms with E-state index in [1.807, 2.05) is 48.3 Å². The van der Waals surface area contributed by atoms with E-state index in [-0.39, 0.29) is 0 Å². The number of anilines is 3. The van der Waals surface area contributed by atoms with Crippen LogP contribution in [-0.4, -0.2) is 12.0 Å². The van der Waals surface area contributed by atoms with Crippen LogP contribution >= 0.6 is 0 Å². The SMILES string of the molecule is CN(c1ccc(C#N)cc1)c1ccc2ncccc2c1N. The topological polar surface area (TPSA) is 65.9 Å². The van der Waals surface area contributed by atoms with E-state index in [1.165, 1.54) is 0 Å². The molecule has 2 N–H and O–H groups in total. The molecule has 102 valence electrons. The summed E-state index contributed by atoms with van der Waals surface area (Å²) in [6.07, 6.45) is 1.76. The van der Waals surface area contributed by atoms with Crippen molar-refractivity contribution in [2.24, 2.45) is 0 Å². The molecule has 3 aromatic rings. The maximum atomic E-state index is 8.86. The number of nitrogen functional groups attached to an aromatic ring is 1. The summed E-state index contributed by atoms with van der Waals surface area (Å²) in [4.78, 5) is 6.31. The quantitative estimate of drug-likeness (QED) is 0.727. The Hall–Kier alpha value is -3.06. The van der Waals surface area contributed by atoms with Gasteiger partial charge in [-0.05, 0) is 48.5 Å². The second-order valence-electron chi connectivity index (χ2n) is 4.79. The molecule has 0 aliphatic carbocycles. The van der Waals surface area contributed by atoms with E-state index in [0.717, 1.165) is 22.3 Å². The normalized spacial score (nSPS) is 10.3. The lowest BCUT2D eigenvalue weighted by molar-refractivity contribution is 1.21. The first-order chi connectivity index (χ1) is 10.2. The summed E-state index contributed by atoms with van der Waals surface area (Å²) in [5.74, 6) is 0. The van der Waals surface area contributed by atoms with E-state index in [0.29, 0.717) is 11.3 Å². The number of hydrogen-bond donors (Lipinski definition) is 1. The van der Waals surface area contributed by atoms with Gasteiger partial charge in [0.05, 0.1) is 28.5 Å². The first-order valence-electron chi connectivity index (χ1n) is 6.58. The molecular formula is C17H14N4. The molecule has 4 nitrogen and oxygen atoms in total. The van der Waals surface area contributed by atoms with Gasteiger partial charge in [0.2, 0.25) is 0 Å². The predicted molar refractivity (Wildman–Crippen MR) is 85.4 cm³/mol. The van der Waals surface area contributed by atoms with Crippen LogP contribution in [0, 0.1) is 11.3 Å². The Bertz CT molecular complexity index is 832. The van der Waals surface area contributed by atoms with E-state index in [2.05, 4.69) is 11.1 Å². The third-order valence-corrected chi connectivity index (χ3v) is 3.55. The van der Waals surface area contributed by atoms with Crippen molar-refractivity contribution in [2.45, 2.75) is 0 Å². The molecule has 1 aromatic heterocycles. The van der Waals surface area contributed by atoms with Gasteiger partial charge in [-0.2, -0.15) is 5.26 Å². The highest BCUT2D eigenvalue weighted by atomic mass is 15.1. The molecule has 21 heavy (non-hydrogen) atoms. The fourth-order valence-corrected chi connectivity index (χ4v) is 2.35. The Kier molecular flexibility index (Phi) is 3.17.